The quantitative estimate of drug-likeness (QED) is 0.181. The van der Waals surface area contributed by atoms with E-state index in [0.29, 0.717) is 40.7 Å². The molecule has 3 heterocycles. The predicted octanol–water partition coefficient (Wildman–Crippen LogP) is 4.44. The van der Waals surface area contributed by atoms with E-state index in [9.17, 15) is 29.7 Å². The number of ether oxygens (including phenoxy) is 4. The molecule has 3 atom stereocenters. The number of aliphatic hydroxyl groups is 3. The third-order valence-electron chi connectivity index (χ3n) is 9.39. The summed E-state index contributed by atoms with van der Waals surface area (Å²) in [5, 5.41) is 33.1. The summed E-state index contributed by atoms with van der Waals surface area (Å²) in [5.41, 5.74) is 2.47. The third-order valence-corrected chi connectivity index (χ3v) is 9.39. The molecule has 11 nitrogen and oxygen atoms in total. The van der Waals surface area contributed by atoms with Gasteiger partial charge in [0.05, 0.1) is 48.7 Å². The van der Waals surface area contributed by atoms with Crippen molar-refractivity contribution < 1.29 is 48.7 Å². The maximum atomic E-state index is 13.8. The van der Waals surface area contributed by atoms with E-state index >= 15 is 0 Å². The van der Waals surface area contributed by atoms with Crippen LogP contribution in [0.15, 0.2) is 47.4 Å². The van der Waals surface area contributed by atoms with Gasteiger partial charge in [0.25, 0.3) is 0 Å². The number of aromatic nitrogens is 1. The maximum absolute atomic E-state index is 13.8. The first-order chi connectivity index (χ1) is 23.1. The molecule has 1 aromatic heterocycles. The monoisotopic (exact) mass is 659 g/mol. The minimum atomic E-state index is -1.26. The van der Waals surface area contributed by atoms with Crippen LogP contribution in [0, 0.1) is 5.92 Å². The summed E-state index contributed by atoms with van der Waals surface area (Å²) in [6.07, 6.45) is 2.85. The fourth-order valence-corrected chi connectivity index (χ4v) is 7.01. The molecular weight excluding hydrogens is 618 g/mol. The van der Waals surface area contributed by atoms with Crippen molar-refractivity contribution in [1.29, 1.82) is 0 Å². The molecule has 3 unspecified atom stereocenters. The fourth-order valence-electron chi connectivity index (χ4n) is 7.01. The molecule has 1 saturated carbocycles. The molecular formula is C37H41NO10. The fraction of sp³-hybridized carbons (Fsp3) is 0.432. The number of carbonyl (C=O) groups excluding carboxylic acids is 3. The zero-order valence-corrected chi connectivity index (χ0v) is 27.6. The van der Waals surface area contributed by atoms with Gasteiger partial charge in [-0.15, -0.1) is 0 Å². The molecule has 3 aliphatic rings. The molecule has 6 rings (SSSR count). The zero-order chi connectivity index (χ0) is 34.3. The highest BCUT2D eigenvalue weighted by Crippen LogP contribution is 2.56. The van der Waals surface area contributed by atoms with Crippen LogP contribution in [0.1, 0.15) is 75.1 Å². The Morgan fingerprint density at radius 3 is 2.58 bits per heavy atom. The number of aldehydes is 1. The van der Waals surface area contributed by atoms with Gasteiger partial charge in [0.15, 0.2) is 6.29 Å². The van der Waals surface area contributed by atoms with Crippen molar-refractivity contribution in [3.63, 3.8) is 0 Å². The van der Waals surface area contributed by atoms with Crippen LogP contribution in [-0.4, -0.2) is 69.9 Å². The Bertz CT molecular complexity index is 1840. The van der Waals surface area contributed by atoms with Gasteiger partial charge in [0.1, 0.15) is 29.1 Å². The first-order valence-electron chi connectivity index (χ1n) is 16.4. The summed E-state index contributed by atoms with van der Waals surface area (Å²) < 4.78 is 24.2. The Morgan fingerprint density at radius 1 is 1.12 bits per heavy atom. The minimum absolute atomic E-state index is 0.0136. The number of hydrogen-bond donors (Lipinski definition) is 4. The Morgan fingerprint density at radius 2 is 1.92 bits per heavy atom. The van der Waals surface area contributed by atoms with Gasteiger partial charge >= 0.3 is 5.97 Å². The molecule has 48 heavy (non-hydrogen) atoms. The maximum Gasteiger partial charge on any atom is 0.375 e. The highest BCUT2D eigenvalue weighted by Gasteiger charge is 2.45. The van der Waals surface area contributed by atoms with E-state index in [4.69, 9.17) is 18.9 Å². The largest absolute Gasteiger partial charge is 0.492 e. The standard InChI is InChI=1S/C37H41NO10/c1-5-11-46-33-24-15-28(37(3,4)44)47-32(24)26(18-41)34-30(33)29(25(17-40)35(48-34)36(43)45-6-2)21-13-22(16-39)31(42)23(14-21)19-7-8-27-20(12-19)9-10-38-27/h7-10,12,17,22-23,28,38-39,41,44H,5-6,11,13-16,18H2,1-4H3. The zero-order valence-electron chi connectivity index (χ0n) is 27.6. The van der Waals surface area contributed by atoms with Gasteiger partial charge in [-0.3, -0.25) is 9.59 Å². The predicted molar refractivity (Wildman–Crippen MR) is 176 cm³/mol. The van der Waals surface area contributed by atoms with Crippen molar-refractivity contribution in [2.45, 2.75) is 77.6 Å². The van der Waals surface area contributed by atoms with Crippen molar-refractivity contribution in [3.8, 4) is 17.2 Å². The van der Waals surface area contributed by atoms with E-state index in [0.717, 1.165) is 16.5 Å². The second kappa shape index (κ2) is 13.2. The number of nitrogens with one attached hydrogen (secondary N) is 1. The van der Waals surface area contributed by atoms with Crippen LogP contribution in [0.2, 0.25) is 0 Å². The van der Waals surface area contributed by atoms with Crippen molar-refractivity contribution in [2.75, 3.05) is 19.8 Å². The molecule has 1 fully saturated rings. The molecule has 1 aliphatic carbocycles. The van der Waals surface area contributed by atoms with E-state index in [1.54, 1.807) is 20.8 Å². The van der Waals surface area contributed by atoms with Crippen LogP contribution < -0.4 is 14.2 Å². The smallest absolute Gasteiger partial charge is 0.375 e. The molecule has 0 saturated heterocycles. The average Bonchev–Trinajstić information content (AvgIpc) is 3.74. The summed E-state index contributed by atoms with van der Waals surface area (Å²) in [6.45, 7) is 6.16. The number of hydrogen-bond acceptors (Lipinski definition) is 10. The van der Waals surface area contributed by atoms with E-state index in [1.807, 2.05) is 37.4 Å². The number of carbonyl (C=O) groups is 3. The van der Waals surface area contributed by atoms with E-state index in [1.165, 1.54) is 0 Å². The van der Waals surface area contributed by atoms with Crippen LogP contribution in [0.3, 0.4) is 0 Å². The lowest BCUT2D eigenvalue weighted by Crippen LogP contribution is -2.39. The number of rotatable bonds is 10. The Hall–Kier alpha value is -4.45. The molecule has 0 bridgehead atoms. The van der Waals surface area contributed by atoms with Gasteiger partial charge < -0.3 is 39.3 Å². The molecule has 2 aliphatic heterocycles. The van der Waals surface area contributed by atoms with Crippen LogP contribution in [-0.2, 0) is 32.1 Å². The lowest BCUT2D eigenvalue weighted by molar-refractivity contribution is -0.141. The number of Topliss-reactive ketones (excluding diaryl/α,β-unsaturated/α-hetero) is 1. The second-order valence-electron chi connectivity index (χ2n) is 13.0. The number of benzene rings is 2. The summed E-state index contributed by atoms with van der Waals surface area (Å²) in [7, 11) is 0. The summed E-state index contributed by atoms with van der Waals surface area (Å²) in [4.78, 5) is 43.5. The van der Waals surface area contributed by atoms with Gasteiger partial charge in [0, 0.05) is 41.1 Å². The number of aromatic amines is 1. The molecule has 4 N–H and O–H groups in total. The number of aliphatic hydroxyl groups excluding tert-OH is 2. The number of fused-ring (bicyclic) bond motifs is 3. The van der Waals surface area contributed by atoms with Crippen LogP contribution in [0.25, 0.3) is 16.5 Å². The number of allylic oxidation sites excluding steroid dienone is 3. The normalized spacial score (nSPS) is 22.2. The van der Waals surface area contributed by atoms with Crippen LogP contribution >= 0.6 is 0 Å². The third kappa shape index (κ3) is 5.69. The molecule has 0 amide bonds. The Kier molecular flexibility index (Phi) is 9.21. The van der Waals surface area contributed by atoms with Crippen molar-refractivity contribution in [2.24, 2.45) is 5.92 Å². The van der Waals surface area contributed by atoms with Gasteiger partial charge in [-0.05, 0) is 69.2 Å². The van der Waals surface area contributed by atoms with Gasteiger partial charge in [-0.1, -0.05) is 18.6 Å². The number of esters is 1. The SMILES string of the molecule is CCCOc1c2c(c(CO)c3c1C(=C1CC(CO)C(=O)C(c4ccc5[nH]ccc5c4)C1)C(C=O)=C(C(=O)OCC)O3)OC(C(C)(C)O)C2. The molecule has 0 spiro atoms. The highest BCUT2D eigenvalue weighted by molar-refractivity contribution is 6.11. The summed E-state index contributed by atoms with van der Waals surface area (Å²) in [5.74, 6) is -2.11. The molecule has 0 radical (unpaired) electrons. The minimum Gasteiger partial charge on any atom is -0.492 e. The number of ketones is 1. The lowest BCUT2D eigenvalue weighted by atomic mass is 9.71. The topological polar surface area (TPSA) is 165 Å². The Labute approximate surface area is 278 Å². The van der Waals surface area contributed by atoms with Crippen LogP contribution in [0.4, 0.5) is 0 Å². The number of H-pyrrole nitrogens is 1. The lowest BCUT2D eigenvalue weighted by Gasteiger charge is -2.34. The van der Waals surface area contributed by atoms with Crippen LogP contribution in [0.5, 0.6) is 17.2 Å². The summed E-state index contributed by atoms with van der Waals surface area (Å²) in [6, 6.07) is 7.64. The van der Waals surface area contributed by atoms with Gasteiger partial charge in [0.2, 0.25) is 5.76 Å². The first-order valence-corrected chi connectivity index (χ1v) is 16.4. The first kappa shape index (κ1) is 33.5. The van der Waals surface area contributed by atoms with Crippen molar-refractivity contribution >= 4 is 34.5 Å². The van der Waals surface area contributed by atoms with Crippen molar-refractivity contribution in [1.82, 2.24) is 4.98 Å². The molecule has 254 valence electrons. The van der Waals surface area contributed by atoms with E-state index in [2.05, 4.69) is 4.98 Å². The Balaban J connectivity index is 1.65. The highest BCUT2D eigenvalue weighted by atomic mass is 16.6. The van der Waals surface area contributed by atoms with E-state index in [-0.39, 0.29) is 66.7 Å². The average molecular weight is 660 g/mol. The second-order valence-corrected chi connectivity index (χ2v) is 13.0. The van der Waals surface area contributed by atoms with Crippen molar-refractivity contribution in [3.05, 3.63) is 69.6 Å². The summed E-state index contributed by atoms with van der Waals surface area (Å²) >= 11 is 0. The van der Waals surface area contributed by atoms with Gasteiger partial charge in [-0.2, -0.15) is 0 Å². The van der Waals surface area contributed by atoms with Gasteiger partial charge in [-0.25, -0.2) is 4.79 Å². The molecule has 11 heteroatoms. The molecule has 2 aromatic carbocycles. The van der Waals surface area contributed by atoms with E-state index < -0.39 is 42.7 Å². The molecule has 3 aromatic rings.